The van der Waals surface area contributed by atoms with E-state index in [4.69, 9.17) is 5.73 Å². The predicted molar refractivity (Wildman–Crippen MR) is 119 cm³/mol. The van der Waals surface area contributed by atoms with Gasteiger partial charge in [0.2, 0.25) is 5.91 Å². The molecule has 176 valence electrons. The van der Waals surface area contributed by atoms with E-state index < -0.39 is 17.7 Å². The zero-order valence-corrected chi connectivity index (χ0v) is 18.7. The first kappa shape index (κ1) is 23.0. The van der Waals surface area contributed by atoms with E-state index in [9.17, 15) is 18.0 Å². The van der Waals surface area contributed by atoms with Crippen LogP contribution in [-0.2, 0) is 23.8 Å². The second-order valence-electron chi connectivity index (χ2n) is 8.75. The molecule has 0 aromatic carbocycles. The van der Waals surface area contributed by atoms with Crippen LogP contribution < -0.4 is 10.6 Å². The van der Waals surface area contributed by atoms with E-state index in [1.807, 2.05) is 6.92 Å². The largest absolute Gasteiger partial charge is 0.418 e. The highest BCUT2D eigenvalue weighted by molar-refractivity contribution is 5.87. The topological polar surface area (TPSA) is 88.2 Å². The smallest absolute Gasteiger partial charge is 0.384 e. The summed E-state index contributed by atoms with van der Waals surface area (Å²) in [6.07, 6.45) is -0.870. The van der Waals surface area contributed by atoms with Crippen LogP contribution in [0.15, 0.2) is 25.0 Å². The fourth-order valence-corrected chi connectivity index (χ4v) is 4.96. The molecule has 0 spiro atoms. The van der Waals surface area contributed by atoms with Crippen LogP contribution in [0.2, 0.25) is 0 Å². The van der Waals surface area contributed by atoms with Gasteiger partial charge in [-0.05, 0) is 43.4 Å². The van der Waals surface area contributed by atoms with Crippen molar-refractivity contribution in [1.29, 1.82) is 0 Å². The molecule has 4 rings (SSSR count). The lowest BCUT2D eigenvalue weighted by Crippen LogP contribution is -2.49. The van der Waals surface area contributed by atoms with Crippen molar-refractivity contribution in [2.45, 2.75) is 38.8 Å². The molecule has 1 aliphatic carbocycles. The van der Waals surface area contributed by atoms with Crippen LogP contribution in [0.4, 0.5) is 24.8 Å². The van der Waals surface area contributed by atoms with Crippen LogP contribution in [0.3, 0.4) is 0 Å². The number of pyridine rings is 1. The first-order chi connectivity index (χ1) is 15.6. The first-order valence-corrected chi connectivity index (χ1v) is 10.9. The predicted octanol–water partition coefficient (Wildman–Crippen LogP) is 3.13. The molecular formula is C23H27F3N6O. The van der Waals surface area contributed by atoms with Gasteiger partial charge in [0.1, 0.15) is 18.0 Å². The van der Waals surface area contributed by atoms with Gasteiger partial charge in [-0.2, -0.15) is 13.2 Å². The fraction of sp³-hybridized carbons (Fsp3) is 0.478. The Kier molecular flexibility index (Phi) is 6.02. The second kappa shape index (κ2) is 8.64. The second-order valence-corrected chi connectivity index (χ2v) is 8.75. The van der Waals surface area contributed by atoms with Gasteiger partial charge in [0, 0.05) is 43.4 Å². The van der Waals surface area contributed by atoms with Crippen LogP contribution in [0, 0.1) is 12.8 Å². The molecule has 0 unspecified atom stereocenters. The summed E-state index contributed by atoms with van der Waals surface area (Å²) in [5.41, 5.74) is 6.91. The minimum atomic E-state index is -4.51. The van der Waals surface area contributed by atoms with Crippen molar-refractivity contribution in [2.24, 2.45) is 5.92 Å². The number of carbonyl (C=O) groups is 1. The molecule has 0 saturated carbocycles. The number of nitrogens with two attached hydrogens (primary N) is 1. The van der Waals surface area contributed by atoms with Gasteiger partial charge in [0.25, 0.3) is 0 Å². The maximum atomic E-state index is 13.9. The minimum absolute atomic E-state index is 0.00476. The Morgan fingerprint density at radius 1 is 1.21 bits per heavy atom. The highest BCUT2D eigenvalue weighted by atomic mass is 19.4. The fourth-order valence-electron chi connectivity index (χ4n) is 4.96. The van der Waals surface area contributed by atoms with E-state index in [1.165, 1.54) is 25.4 Å². The summed E-state index contributed by atoms with van der Waals surface area (Å²) in [5, 5.41) is 0. The Balaban J connectivity index is 1.65. The van der Waals surface area contributed by atoms with E-state index in [-0.39, 0.29) is 28.9 Å². The highest BCUT2D eigenvalue weighted by Crippen LogP contribution is 2.44. The molecule has 10 heteroatoms. The lowest BCUT2D eigenvalue weighted by molar-refractivity contribution is -0.139. The summed E-state index contributed by atoms with van der Waals surface area (Å²) >= 11 is 0. The van der Waals surface area contributed by atoms with Crippen molar-refractivity contribution in [3.8, 4) is 0 Å². The molecule has 0 radical (unpaired) electrons. The van der Waals surface area contributed by atoms with Crippen LogP contribution in [0.1, 0.15) is 40.9 Å². The van der Waals surface area contributed by atoms with Gasteiger partial charge in [0.05, 0.1) is 11.3 Å². The van der Waals surface area contributed by atoms with Crippen LogP contribution in [0.5, 0.6) is 0 Å². The van der Waals surface area contributed by atoms with Gasteiger partial charge >= 0.3 is 6.18 Å². The molecule has 0 bridgehead atoms. The molecule has 2 aromatic rings. The Hall–Kier alpha value is -3.17. The summed E-state index contributed by atoms with van der Waals surface area (Å²) in [5.74, 6) is 0.218. The third kappa shape index (κ3) is 4.38. The van der Waals surface area contributed by atoms with Crippen molar-refractivity contribution >= 4 is 17.5 Å². The standard InChI is InChI=1S/C23H27F3N6O/c1-4-19(33)31-5-7-32(8-6-31)22-16-9-13(2)15(11-17(16)28-12-29-22)21-20(23(24,25)26)14(3)10-18(27)30-21/h4,10,12-13,15H,1,5-9,11H2,2-3H3,(H2,27,30)/t13-,15+/m1/s1. The molecule has 2 N–H and O–H groups in total. The van der Waals surface area contributed by atoms with Gasteiger partial charge in [-0.3, -0.25) is 4.79 Å². The third-order valence-electron chi connectivity index (χ3n) is 6.60. The number of alkyl halides is 3. The van der Waals surface area contributed by atoms with Gasteiger partial charge in [-0.25, -0.2) is 15.0 Å². The Labute approximate surface area is 190 Å². The lowest BCUT2D eigenvalue weighted by Gasteiger charge is -2.38. The zero-order valence-electron chi connectivity index (χ0n) is 18.7. The molecule has 1 aliphatic heterocycles. The number of carbonyl (C=O) groups excluding carboxylic acids is 1. The third-order valence-corrected chi connectivity index (χ3v) is 6.60. The molecule has 2 atom stereocenters. The van der Waals surface area contributed by atoms with Crippen molar-refractivity contribution in [3.05, 3.63) is 53.1 Å². The maximum Gasteiger partial charge on any atom is 0.418 e. The van der Waals surface area contributed by atoms with Gasteiger partial charge in [-0.1, -0.05) is 13.5 Å². The molecule has 1 amide bonds. The molecule has 3 heterocycles. The number of rotatable bonds is 3. The van der Waals surface area contributed by atoms with Crippen LogP contribution in [-0.4, -0.2) is 51.9 Å². The molecule has 33 heavy (non-hydrogen) atoms. The molecular weight excluding hydrogens is 433 g/mol. The van der Waals surface area contributed by atoms with E-state index in [2.05, 4.69) is 26.4 Å². The molecule has 1 fully saturated rings. The molecule has 1 saturated heterocycles. The van der Waals surface area contributed by atoms with Gasteiger partial charge < -0.3 is 15.5 Å². The van der Waals surface area contributed by atoms with E-state index in [1.54, 1.807) is 4.90 Å². The van der Waals surface area contributed by atoms with E-state index in [0.717, 1.165) is 17.1 Å². The highest BCUT2D eigenvalue weighted by Gasteiger charge is 2.41. The van der Waals surface area contributed by atoms with Crippen molar-refractivity contribution in [2.75, 3.05) is 36.8 Å². The Morgan fingerprint density at radius 2 is 1.91 bits per heavy atom. The average molecular weight is 461 g/mol. The minimum Gasteiger partial charge on any atom is -0.384 e. The average Bonchev–Trinajstić information content (AvgIpc) is 2.76. The number of nitrogens with zero attached hydrogens (tertiary/aromatic N) is 5. The van der Waals surface area contributed by atoms with Gasteiger partial charge in [0.15, 0.2) is 0 Å². The van der Waals surface area contributed by atoms with Crippen LogP contribution >= 0.6 is 0 Å². The maximum absolute atomic E-state index is 13.9. The number of aromatic nitrogens is 3. The van der Waals surface area contributed by atoms with E-state index >= 15 is 0 Å². The number of nitrogen functional groups attached to an aromatic ring is 1. The number of anilines is 2. The van der Waals surface area contributed by atoms with E-state index in [0.29, 0.717) is 39.0 Å². The normalized spacial score (nSPS) is 21.0. The first-order valence-electron chi connectivity index (χ1n) is 10.9. The number of hydrogen-bond donors (Lipinski definition) is 1. The summed E-state index contributed by atoms with van der Waals surface area (Å²) < 4.78 is 41.7. The number of halogens is 3. The van der Waals surface area contributed by atoms with Crippen molar-refractivity contribution in [3.63, 3.8) is 0 Å². The van der Waals surface area contributed by atoms with Crippen LogP contribution in [0.25, 0.3) is 0 Å². The SMILES string of the molecule is C=CC(=O)N1CCN(c2ncnc3c2C[C@@H](C)[C@@H](c2nc(N)cc(C)c2C(F)(F)F)C3)CC1. The summed E-state index contributed by atoms with van der Waals surface area (Å²) in [6, 6.07) is 1.27. The molecule has 2 aromatic heterocycles. The number of fused-ring (bicyclic) bond motifs is 1. The summed E-state index contributed by atoms with van der Waals surface area (Å²) in [4.78, 5) is 28.8. The number of amides is 1. The molecule has 2 aliphatic rings. The number of piperazine rings is 1. The zero-order chi connectivity index (χ0) is 23.9. The number of hydrogen-bond acceptors (Lipinski definition) is 6. The lowest BCUT2D eigenvalue weighted by atomic mass is 9.75. The van der Waals surface area contributed by atoms with Gasteiger partial charge in [-0.15, -0.1) is 0 Å². The Morgan fingerprint density at radius 3 is 2.55 bits per heavy atom. The van der Waals surface area contributed by atoms with Crippen molar-refractivity contribution in [1.82, 2.24) is 19.9 Å². The summed E-state index contributed by atoms with van der Waals surface area (Å²) in [7, 11) is 0. The number of aryl methyl sites for hydroxylation is 1. The quantitative estimate of drug-likeness (QED) is 0.708. The molecule has 7 nitrogen and oxygen atoms in total. The monoisotopic (exact) mass is 460 g/mol. The summed E-state index contributed by atoms with van der Waals surface area (Å²) in [6.45, 7) is 9.25. The Bertz CT molecular complexity index is 1080. The van der Waals surface area contributed by atoms with Crippen molar-refractivity contribution < 1.29 is 18.0 Å².